The number of anilines is 1. The topological polar surface area (TPSA) is 21.3 Å². The van der Waals surface area contributed by atoms with Crippen LogP contribution in [0.5, 0.6) is 0 Å². The average Bonchev–Trinajstić information content (AvgIpc) is 2.51. The molecule has 2 aliphatic rings. The van der Waals surface area contributed by atoms with Gasteiger partial charge in [0.05, 0.1) is 21.3 Å². The van der Waals surface area contributed by atoms with Crippen LogP contribution in [0.4, 0.5) is 5.69 Å². The normalized spacial score (nSPS) is 27.4. The molecule has 0 heterocycles. The van der Waals surface area contributed by atoms with Gasteiger partial charge < -0.3 is 10.1 Å². The molecule has 116 valence electrons. The molecule has 3 rings (SSSR count). The van der Waals surface area contributed by atoms with Crippen LogP contribution in [0.1, 0.15) is 45.4 Å². The summed E-state index contributed by atoms with van der Waals surface area (Å²) in [6.45, 7) is 2.92. The van der Waals surface area contributed by atoms with E-state index in [0.717, 1.165) is 28.2 Å². The molecule has 0 amide bonds. The van der Waals surface area contributed by atoms with E-state index in [0.29, 0.717) is 17.6 Å². The van der Waals surface area contributed by atoms with E-state index in [1.54, 1.807) is 0 Å². The number of halogens is 2. The summed E-state index contributed by atoms with van der Waals surface area (Å²) in [4.78, 5) is 0. The van der Waals surface area contributed by atoms with Crippen LogP contribution in [0, 0.1) is 5.41 Å². The van der Waals surface area contributed by atoms with Crippen molar-refractivity contribution in [2.24, 2.45) is 5.41 Å². The Labute approximate surface area is 140 Å². The van der Waals surface area contributed by atoms with Crippen LogP contribution in [0.25, 0.3) is 0 Å². The summed E-state index contributed by atoms with van der Waals surface area (Å²) in [5, 5.41) is 4.49. The summed E-state index contributed by atoms with van der Waals surface area (Å²) < 4.78 is 6.99. The summed E-state index contributed by atoms with van der Waals surface area (Å²) >= 11 is 9.80. The highest BCUT2D eigenvalue weighted by molar-refractivity contribution is 9.10. The highest BCUT2D eigenvalue weighted by Gasteiger charge is 2.55. The zero-order chi connectivity index (χ0) is 14.9. The first-order valence-corrected chi connectivity index (χ1v) is 9.16. The lowest BCUT2D eigenvalue weighted by Gasteiger charge is -2.58. The van der Waals surface area contributed by atoms with Gasteiger partial charge in [0.2, 0.25) is 0 Å². The lowest BCUT2D eigenvalue weighted by atomic mass is 9.55. The molecule has 1 aromatic carbocycles. The zero-order valence-electron chi connectivity index (χ0n) is 12.5. The first kappa shape index (κ1) is 15.6. The molecule has 4 heteroatoms. The van der Waals surface area contributed by atoms with Gasteiger partial charge in [0, 0.05) is 18.1 Å². The molecule has 0 aliphatic heterocycles. The maximum absolute atomic E-state index is 6.20. The molecule has 0 radical (unpaired) electrons. The van der Waals surface area contributed by atoms with Gasteiger partial charge in [-0.05, 0) is 54.2 Å². The molecule has 21 heavy (non-hydrogen) atoms. The molecule has 2 saturated carbocycles. The highest BCUT2D eigenvalue weighted by Crippen LogP contribution is 2.54. The Morgan fingerprint density at radius 2 is 2.10 bits per heavy atom. The van der Waals surface area contributed by atoms with E-state index in [1.165, 1.54) is 32.1 Å². The third-order valence-corrected chi connectivity index (χ3v) is 6.62. The molecule has 2 atom stereocenters. The number of benzene rings is 1. The standard InChI is InChI=1S/C17H23BrClNO/c1-2-21-15-11-14(17(15)9-4-3-5-10-17)20-13-8-6-7-12(19)16(13)18/h6-8,14-15,20H,2-5,9-11H2,1H3. The van der Waals surface area contributed by atoms with Crippen LogP contribution in [-0.2, 0) is 4.74 Å². The van der Waals surface area contributed by atoms with Crippen molar-refractivity contribution < 1.29 is 4.74 Å². The number of hydrogen-bond donors (Lipinski definition) is 1. The van der Waals surface area contributed by atoms with Crippen molar-refractivity contribution in [2.45, 2.75) is 57.6 Å². The molecule has 2 nitrogen and oxygen atoms in total. The van der Waals surface area contributed by atoms with Crippen molar-refractivity contribution in [2.75, 3.05) is 11.9 Å². The van der Waals surface area contributed by atoms with Crippen LogP contribution in [-0.4, -0.2) is 18.8 Å². The smallest absolute Gasteiger partial charge is 0.0670 e. The van der Waals surface area contributed by atoms with Crippen LogP contribution in [0.15, 0.2) is 22.7 Å². The third-order valence-electron chi connectivity index (χ3n) is 5.22. The van der Waals surface area contributed by atoms with E-state index in [2.05, 4.69) is 34.2 Å². The van der Waals surface area contributed by atoms with Crippen LogP contribution in [0.2, 0.25) is 5.02 Å². The van der Waals surface area contributed by atoms with Crippen molar-refractivity contribution in [1.82, 2.24) is 0 Å². The summed E-state index contributed by atoms with van der Waals surface area (Å²) in [6, 6.07) is 6.52. The second kappa shape index (κ2) is 6.47. The van der Waals surface area contributed by atoms with E-state index in [1.807, 2.05) is 12.1 Å². The monoisotopic (exact) mass is 371 g/mol. The number of nitrogens with one attached hydrogen (secondary N) is 1. The second-order valence-corrected chi connectivity index (χ2v) is 7.47. The summed E-state index contributed by atoms with van der Waals surface area (Å²) in [6.07, 6.45) is 8.14. The third kappa shape index (κ3) is 2.85. The minimum atomic E-state index is 0.329. The first-order valence-electron chi connectivity index (χ1n) is 7.99. The fourth-order valence-electron chi connectivity index (χ4n) is 4.07. The largest absolute Gasteiger partial charge is 0.381 e. The van der Waals surface area contributed by atoms with Crippen molar-refractivity contribution in [3.8, 4) is 0 Å². The fourth-order valence-corrected chi connectivity index (χ4v) is 4.62. The molecule has 1 N–H and O–H groups in total. The van der Waals surface area contributed by atoms with Gasteiger partial charge in [0.25, 0.3) is 0 Å². The van der Waals surface area contributed by atoms with Crippen molar-refractivity contribution in [3.05, 3.63) is 27.7 Å². The minimum Gasteiger partial charge on any atom is -0.381 e. The molecule has 2 aliphatic carbocycles. The SMILES string of the molecule is CCOC1CC(Nc2cccc(Cl)c2Br)C12CCCCC2. The van der Waals surface area contributed by atoms with Gasteiger partial charge in [0.1, 0.15) is 0 Å². The van der Waals surface area contributed by atoms with E-state index >= 15 is 0 Å². The summed E-state index contributed by atoms with van der Waals surface area (Å²) in [5.41, 5.74) is 1.43. The van der Waals surface area contributed by atoms with E-state index in [4.69, 9.17) is 16.3 Å². The number of ether oxygens (including phenoxy) is 1. The second-order valence-electron chi connectivity index (χ2n) is 6.27. The Balaban J connectivity index is 1.77. The zero-order valence-corrected chi connectivity index (χ0v) is 14.8. The van der Waals surface area contributed by atoms with Gasteiger partial charge in [-0.1, -0.05) is 36.9 Å². The minimum absolute atomic E-state index is 0.329. The van der Waals surface area contributed by atoms with Gasteiger partial charge in [0.15, 0.2) is 0 Å². The molecule has 0 aromatic heterocycles. The molecule has 0 saturated heterocycles. The van der Waals surface area contributed by atoms with E-state index in [-0.39, 0.29) is 0 Å². The first-order chi connectivity index (χ1) is 10.2. The quantitative estimate of drug-likeness (QED) is 0.738. The van der Waals surface area contributed by atoms with Crippen LogP contribution in [0.3, 0.4) is 0 Å². The molecule has 0 bridgehead atoms. The summed E-state index contributed by atoms with van der Waals surface area (Å²) in [7, 11) is 0. The van der Waals surface area contributed by atoms with Gasteiger partial charge in [-0.25, -0.2) is 0 Å². The van der Waals surface area contributed by atoms with Crippen molar-refractivity contribution >= 4 is 33.2 Å². The highest BCUT2D eigenvalue weighted by atomic mass is 79.9. The van der Waals surface area contributed by atoms with E-state index in [9.17, 15) is 0 Å². The summed E-state index contributed by atoms with van der Waals surface area (Å²) in [5.74, 6) is 0. The van der Waals surface area contributed by atoms with Crippen LogP contribution >= 0.6 is 27.5 Å². The molecule has 1 aromatic rings. The lowest BCUT2D eigenvalue weighted by Crippen LogP contribution is -2.62. The van der Waals surface area contributed by atoms with Gasteiger partial charge >= 0.3 is 0 Å². The molecule has 2 unspecified atom stereocenters. The molecular weight excluding hydrogens is 350 g/mol. The maximum Gasteiger partial charge on any atom is 0.0670 e. The Hall–Kier alpha value is -0.250. The van der Waals surface area contributed by atoms with Crippen molar-refractivity contribution in [3.63, 3.8) is 0 Å². The van der Waals surface area contributed by atoms with Crippen LogP contribution < -0.4 is 5.32 Å². The Morgan fingerprint density at radius 1 is 1.33 bits per heavy atom. The molecular formula is C17H23BrClNO. The maximum atomic E-state index is 6.20. The lowest BCUT2D eigenvalue weighted by molar-refractivity contribution is -0.134. The van der Waals surface area contributed by atoms with E-state index < -0.39 is 0 Å². The van der Waals surface area contributed by atoms with Gasteiger partial charge in [-0.15, -0.1) is 0 Å². The fraction of sp³-hybridized carbons (Fsp3) is 0.647. The van der Waals surface area contributed by atoms with Gasteiger partial charge in [-0.3, -0.25) is 0 Å². The van der Waals surface area contributed by atoms with Gasteiger partial charge in [-0.2, -0.15) is 0 Å². The Kier molecular flexibility index (Phi) is 4.82. The Bertz CT molecular complexity index is 502. The predicted molar refractivity (Wildman–Crippen MR) is 92.1 cm³/mol. The molecule has 2 fully saturated rings. The number of rotatable bonds is 4. The molecule has 1 spiro atoms. The predicted octanol–water partition coefficient (Wildman–Crippen LogP) is 5.64. The average molecular weight is 373 g/mol. The van der Waals surface area contributed by atoms with Crippen molar-refractivity contribution in [1.29, 1.82) is 0 Å². The number of hydrogen-bond acceptors (Lipinski definition) is 2. The Morgan fingerprint density at radius 3 is 2.81 bits per heavy atom.